The summed E-state index contributed by atoms with van der Waals surface area (Å²) in [6.07, 6.45) is 3.27. The van der Waals surface area contributed by atoms with Crippen LogP contribution in [0.1, 0.15) is 36.6 Å². The summed E-state index contributed by atoms with van der Waals surface area (Å²) in [6, 6.07) is 2.19. The zero-order chi connectivity index (χ0) is 12.8. The maximum Gasteiger partial charge on any atom is 0.0540 e. The molecule has 2 nitrogen and oxygen atoms in total. The summed E-state index contributed by atoms with van der Waals surface area (Å²) in [4.78, 5) is 3.95. The van der Waals surface area contributed by atoms with E-state index in [2.05, 4.69) is 35.1 Å². The van der Waals surface area contributed by atoms with E-state index in [0.717, 1.165) is 18.0 Å². The van der Waals surface area contributed by atoms with Crippen molar-refractivity contribution in [3.63, 3.8) is 0 Å². The van der Waals surface area contributed by atoms with Crippen molar-refractivity contribution in [1.82, 2.24) is 4.90 Å². The van der Waals surface area contributed by atoms with E-state index in [1.165, 1.54) is 30.8 Å². The first-order valence-corrected chi connectivity index (χ1v) is 7.55. The van der Waals surface area contributed by atoms with Gasteiger partial charge >= 0.3 is 0 Å². The minimum Gasteiger partial charge on any atom is -0.395 e. The van der Waals surface area contributed by atoms with E-state index in [-0.39, 0.29) is 6.61 Å². The summed E-state index contributed by atoms with van der Waals surface area (Å²) >= 11 is 1.80. The van der Waals surface area contributed by atoms with E-state index in [0.29, 0.717) is 6.42 Å². The Morgan fingerprint density at radius 3 is 3.22 bits per heavy atom. The fraction of sp³-hybridized carbons (Fsp3) is 0.600. The molecule has 1 unspecified atom stereocenters. The average Bonchev–Trinajstić information content (AvgIpc) is 2.77. The molecule has 1 fully saturated rings. The number of aliphatic hydroxyl groups excluding tert-OH is 1. The number of nitrogens with zero attached hydrogens (tertiary/aromatic N) is 1. The third kappa shape index (κ3) is 4.13. The third-order valence-electron chi connectivity index (χ3n) is 3.24. The molecule has 2 heterocycles. The van der Waals surface area contributed by atoms with Gasteiger partial charge in [-0.05, 0) is 31.4 Å². The molecule has 1 N–H and O–H groups in total. The highest BCUT2D eigenvalue weighted by Crippen LogP contribution is 2.21. The van der Waals surface area contributed by atoms with Crippen molar-refractivity contribution in [3.8, 4) is 11.8 Å². The van der Waals surface area contributed by atoms with Gasteiger partial charge in [0, 0.05) is 35.3 Å². The van der Waals surface area contributed by atoms with Crippen molar-refractivity contribution < 1.29 is 5.11 Å². The van der Waals surface area contributed by atoms with Gasteiger partial charge in [-0.15, -0.1) is 11.3 Å². The van der Waals surface area contributed by atoms with E-state index < -0.39 is 0 Å². The Bertz CT molecular complexity index is 429. The van der Waals surface area contributed by atoms with Crippen molar-refractivity contribution >= 4 is 11.3 Å². The van der Waals surface area contributed by atoms with Crippen LogP contribution in [-0.2, 0) is 6.54 Å². The highest BCUT2D eigenvalue weighted by atomic mass is 32.1. The van der Waals surface area contributed by atoms with E-state index >= 15 is 0 Å². The van der Waals surface area contributed by atoms with Crippen LogP contribution in [0.5, 0.6) is 0 Å². The fourth-order valence-corrected chi connectivity index (χ4v) is 3.26. The molecule has 0 bridgehead atoms. The van der Waals surface area contributed by atoms with Crippen molar-refractivity contribution in [2.45, 2.75) is 32.7 Å². The summed E-state index contributed by atoms with van der Waals surface area (Å²) in [7, 11) is 0. The smallest absolute Gasteiger partial charge is 0.0540 e. The molecule has 0 amide bonds. The quantitative estimate of drug-likeness (QED) is 0.848. The molecule has 1 aromatic heterocycles. The van der Waals surface area contributed by atoms with Crippen LogP contribution in [0.3, 0.4) is 0 Å². The topological polar surface area (TPSA) is 23.5 Å². The highest BCUT2D eigenvalue weighted by molar-refractivity contribution is 7.10. The van der Waals surface area contributed by atoms with Gasteiger partial charge in [0.15, 0.2) is 0 Å². The lowest BCUT2D eigenvalue weighted by Gasteiger charge is -2.30. The van der Waals surface area contributed by atoms with Crippen LogP contribution in [0.25, 0.3) is 0 Å². The van der Waals surface area contributed by atoms with Crippen LogP contribution in [0.2, 0.25) is 0 Å². The molecule has 0 aromatic carbocycles. The second-order valence-corrected chi connectivity index (χ2v) is 6.06. The Morgan fingerprint density at radius 1 is 1.56 bits per heavy atom. The molecular formula is C15H21NOS. The van der Waals surface area contributed by atoms with Gasteiger partial charge in [-0.3, -0.25) is 4.90 Å². The van der Waals surface area contributed by atoms with Crippen LogP contribution in [0.15, 0.2) is 11.4 Å². The second-order valence-electron chi connectivity index (χ2n) is 5.06. The standard InChI is InChI=1S/C15H21NOS/c1-13-5-4-7-16(10-13)11-15-9-14(12-18-15)6-2-3-8-17/h9,12-13,17H,3-5,7-8,10-11H2,1H3. The first-order valence-electron chi connectivity index (χ1n) is 6.67. The molecule has 0 saturated carbocycles. The molecule has 18 heavy (non-hydrogen) atoms. The zero-order valence-corrected chi connectivity index (χ0v) is 11.8. The molecule has 0 radical (unpaired) electrons. The van der Waals surface area contributed by atoms with Gasteiger partial charge in [-0.25, -0.2) is 0 Å². The number of aliphatic hydroxyl groups is 1. The molecule has 0 aliphatic carbocycles. The van der Waals surface area contributed by atoms with E-state index in [4.69, 9.17) is 5.11 Å². The fourth-order valence-electron chi connectivity index (χ4n) is 2.40. The number of likely N-dealkylation sites (tertiary alicyclic amines) is 1. The number of thiophene rings is 1. The Balaban J connectivity index is 1.88. The highest BCUT2D eigenvalue weighted by Gasteiger charge is 2.16. The summed E-state index contributed by atoms with van der Waals surface area (Å²) in [5, 5.41) is 10.8. The van der Waals surface area contributed by atoms with Crippen molar-refractivity contribution in [1.29, 1.82) is 0 Å². The predicted octanol–water partition coefficient (Wildman–Crippen LogP) is 2.71. The minimum atomic E-state index is 0.148. The van der Waals surface area contributed by atoms with Gasteiger partial charge in [0.25, 0.3) is 0 Å². The summed E-state index contributed by atoms with van der Waals surface area (Å²) < 4.78 is 0. The molecule has 3 heteroatoms. The first-order chi connectivity index (χ1) is 8.78. The molecular weight excluding hydrogens is 242 g/mol. The molecule has 1 aliphatic rings. The van der Waals surface area contributed by atoms with Gasteiger partial charge in [0.1, 0.15) is 0 Å². The predicted molar refractivity (Wildman–Crippen MR) is 76.6 cm³/mol. The van der Waals surface area contributed by atoms with E-state index in [9.17, 15) is 0 Å². The minimum absolute atomic E-state index is 0.148. The Labute approximate surface area is 114 Å². The van der Waals surface area contributed by atoms with Crippen LogP contribution in [-0.4, -0.2) is 29.7 Å². The molecule has 1 aromatic rings. The Hall–Kier alpha value is -0.820. The van der Waals surface area contributed by atoms with E-state index in [1.54, 1.807) is 11.3 Å². The maximum atomic E-state index is 8.68. The SMILES string of the molecule is CC1CCCN(Cc2cc(C#CCCO)cs2)C1. The lowest BCUT2D eigenvalue weighted by atomic mass is 10.0. The van der Waals surface area contributed by atoms with E-state index in [1.807, 2.05) is 0 Å². The lowest BCUT2D eigenvalue weighted by molar-refractivity contribution is 0.178. The van der Waals surface area contributed by atoms with Gasteiger partial charge in [0.05, 0.1) is 6.61 Å². The van der Waals surface area contributed by atoms with Gasteiger partial charge in [0.2, 0.25) is 0 Å². The molecule has 1 atom stereocenters. The number of piperidine rings is 1. The van der Waals surface area contributed by atoms with Crippen LogP contribution >= 0.6 is 11.3 Å². The number of hydrogen-bond acceptors (Lipinski definition) is 3. The van der Waals surface area contributed by atoms with Crippen LogP contribution < -0.4 is 0 Å². The second kappa shape index (κ2) is 6.94. The third-order valence-corrected chi connectivity index (χ3v) is 4.17. The first kappa shape index (κ1) is 13.6. The number of hydrogen-bond donors (Lipinski definition) is 1. The zero-order valence-electron chi connectivity index (χ0n) is 11.0. The van der Waals surface area contributed by atoms with Crippen molar-refractivity contribution in [2.24, 2.45) is 5.92 Å². The Kier molecular flexibility index (Phi) is 5.25. The van der Waals surface area contributed by atoms with Crippen molar-refractivity contribution in [3.05, 3.63) is 21.9 Å². The molecule has 1 aliphatic heterocycles. The average molecular weight is 263 g/mol. The molecule has 2 rings (SSSR count). The lowest BCUT2D eigenvalue weighted by Crippen LogP contribution is -2.33. The summed E-state index contributed by atoms with van der Waals surface area (Å²) in [5.74, 6) is 6.90. The number of rotatable bonds is 3. The normalized spacial score (nSPS) is 20.4. The maximum absolute atomic E-state index is 8.68. The molecule has 98 valence electrons. The van der Waals surface area contributed by atoms with Crippen LogP contribution in [0, 0.1) is 17.8 Å². The summed E-state index contributed by atoms with van der Waals surface area (Å²) in [5.41, 5.74) is 1.09. The largest absolute Gasteiger partial charge is 0.395 e. The van der Waals surface area contributed by atoms with Crippen LogP contribution in [0.4, 0.5) is 0 Å². The monoisotopic (exact) mass is 263 g/mol. The Morgan fingerprint density at radius 2 is 2.44 bits per heavy atom. The molecule has 0 spiro atoms. The van der Waals surface area contributed by atoms with Gasteiger partial charge < -0.3 is 5.11 Å². The van der Waals surface area contributed by atoms with Gasteiger partial charge in [-0.2, -0.15) is 0 Å². The summed E-state index contributed by atoms with van der Waals surface area (Å²) in [6.45, 7) is 6.01. The van der Waals surface area contributed by atoms with Gasteiger partial charge in [-0.1, -0.05) is 18.8 Å². The molecule has 1 saturated heterocycles. The van der Waals surface area contributed by atoms with Crippen molar-refractivity contribution in [2.75, 3.05) is 19.7 Å².